The summed E-state index contributed by atoms with van der Waals surface area (Å²) in [6.07, 6.45) is 0. The van der Waals surface area contributed by atoms with Crippen molar-refractivity contribution >= 4 is 31.6 Å². The first-order valence-electron chi connectivity index (χ1n) is 8.13. The van der Waals surface area contributed by atoms with Gasteiger partial charge >= 0.3 is 33.3 Å². The SMILES string of the molecule is C/C(=N\Oc1ccccc1)c1ccc(/C(C)=N/Oc2ccccc2)o1.[Cl][Fe][Cl]. The van der Waals surface area contributed by atoms with E-state index in [-0.39, 0.29) is 13.1 Å². The van der Waals surface area contributed by atoms with Crippen LogP contribution < -0.4 is 9.68 Å². The fourth-order valence-electron chi connectivity index (χ4n) is 2.02. The molecule has 0 atom stereocenters. The fraction of sp³-hybridized carbons (Fsp3) is 0.100. The molecule has 28 heavy (non-hydrogen) atoms. The molecule has 0 saturated carbocycles. The van der Waals surface area contributed by atoms with Crippen molar-refractivity contribution in [3.05, 3.63) is 84.3 Å². The number of furan rings is 1. The molecule has 0 saturated heterocycles. The molecule has 0 radical (unpaired) electrons. The Kier molecular flexibility index (Phi) is 9.66. The van der Waals surface area contributed by atoms with Crippen molar-refractivity contribution in [1.82, 2.24) is 0 Å². The monoisotopic (exact) mass is 460 g/mol. The van der Waals surface area contributed by atoms with Gasteiger partial charge in [-0.05, 0) is 50.2 Å². The molecule has 0 bridgehead atoms. The van der Waals surface area contributed by atoms with E-state index in [0.29, 0.717) is 34.4 Å². The standard InChI is InChI=1S/C20H18N2O3.2ClH.Fe/c1-15(21-24-17-9-5-3-6-10-17)19-13-14-20(23-19)16(2)22-25-18-11-7-4-8-12-18;;;/h3-14H,1-2H3;2*1H;/q;;;+2/p-2/b21-15+,22-16+;;;. The first-order chi connectivity index (χ1) is 13.6. The zero-order chi connectivity index (χ0) is 20.2. The first kappa shape index (κ1) is 22.1. The van der Waals surface area contributed by atoms with Crippen LogP contribution in [0.25, 0.3) is 0 Å². The summed E-state index contributed by atoms with van der Waals surface area (Å²) in [5.74, 6) is 2.56. The number of para-hydroxylation sites is 2. The average Bonchev–Trinajstić information content (AvgIpc) is 3.23. The Hall–Kier alpha value is -2.24. The van der Waals surface area contributed by atoms with Crippen LogP contribution in [-0.2, 0) is 13.1 Å². The molecule has 0 unspecified atom stereocenters. The van der Waals surface area contributed by atoms with Crippen molar-refractivity contribution in [2.24, 2.45) is 10.3 Å². The Morgan fingerprint density at radius 1 is 0.714 bits per heavy atom. The molecule has 1 aromatic heterocycles. The molecule has 0 aliphatic carbocycles. The summed E-state index contributed by atoms with van der Waals surface area (Å²) >= 11 is 0.194. The minimum atomic E-state index is 0.194. The van der Waals surface area contributed by atoms with E-state index >= 15 is 0 Å². The van der Waals surface area contributed by atoms with Gasteiger partial charge in [-0.2, -0.15) is 0 Å². The van der Waals surface area contributed by atoms with Crippen LogP contribution in [0.4, 0.5) is 0 Å². The molecule has 0 fully saturated rings. The zero-order valence-electron chi connectivity index (χ0n) is 15.2. The van der Waals surface area contributed by atoms with Gasteiger partial charge in [-0.15, -0.1) is 0 Å². The third-order valence-corrected chi connectivity index (χ3v) is 3.38. The van der Waals surface area contributed by atoms with Crippen molar-refractivity contribution in [2.75, 3.05) is 0 Å². The number of hydrogen-bond donors (Lipinski definition) is 0. The summed E-state index contributed by atoms with van der Waals surface area (Å²) < 4.78 is 5.76. The fourth-order valence-corrected chi connectivity index (χ4v) is 2.02. The maximum absolute atomic E-state index is 5.76. The molecule has 0 aliphatic heterocycles. The predicted octanol–water partition coefficient (Wildman–Crippen LogP) is 6.26. The topological polar surface area (TPSA) is 56.3 Å². The van der Waals surface area contributed by atoms with Gasteiger partial charge in [-0.25, -0.2) is 0 Å². The second-order valence-corrected chi connectivity index (χ2v) is 7.20. The molecule has 5 nitrogen and oxygen atoms in total. The molecule has 8 heteroatoms. The summed E-state index contributed by atoms with van der Waals surface area (Å²) in [6, 6.07) is 22.4. The molecule has 0 aliphatic rings. The summed E-state index contributed by atoms with van der Waals surface area (Å²) in [5.41, 5.74) is 1.26. The quantitative estimate of drug-likeness (QED) is 0.247. The Morgan fingerprint density at radius 3 is 1.43 bits per heavy atom. The molecular formula is C20H18Cl2FeN2O3. The van der Waals surface area contributed by atoms with Crippen LogP contribution >= 0.6 is 20.2 Å². The van der Waals surface area contributed by atoms with E-state index in [2.05, 4.69) is 10.3 Å². The Balaban J connectivity index is 0.000000878. The van der Waals surface area contributed by atoms with Gasteiger partial charge in [0.05, 0.1) is 0 Å². The minimum absolute atomic E-state index is 0.194. The van der Waals surface area contributed by atoms with Crippen LogP contribution in [0.15, 0.2) is 87.5 Å². The van der Waals surface area contributed by atoms with Gasteiger partial charge in [0.2, 0.25) is 0 Å². The first-order valence-corrected chi connectivity index (χ1v) is 11.2. The Morgan fingerprint density at radius 2 is 1.07 bits per heavy atom. The van der Waals surface area contributed by atoms with Crippen molar-refractivity contribution in [1.29, 1.82) is 0 Å². The summed E-state index contributed by atoms with van der Waals surface area (Å²) in [5, 5.41) is 8.17. The molecular weight excluding hydrogens is 443 g/mol. The maximum atomic E-state index is 5.76. The third kappa shape index (κ3) is 7.41. The van der Waals surface area contributed by atoms with E-state index in [1.165, 1.54) is 0 Å². The average molecular weight is 461 g/mol. The number of halogens is 2. The van der Waals surface area contributed by atoms with Gasteiger partial charge in [0.1, 0.15) is 11.4 Å². The van der Waals surface area contributed by atoms with Gasteiger partial charge < -0.3 is 14.1 Å². The van der Waals surface area contributed by atoms with E-state index in [1.807, 2.05) is 86.6 Å². The second kappa shape index (κ2) is 12.3. The zero-order valence-corrected chi connectivity index (χ0v) is 17.8. The molecule has 0 spiro atoms. The number of oxime groups is 2. The van der Waals surface area contributed by atoms with Crippen molar-refractivity contribution in [2.45, 2.75) is 13.8 Å². The molecule has 0 N–H and O–H groups in total. The number of nitrogens with zero attached hydrogens (tertiary/aromatic N) is 2. The number of rotatable bonds is 6. The Labute approximate surface area is 178 Å². The third-order valence-electron chi connectivity index (χ3n) is 3.38. The number of hydrogen-bond acceptors (Lipinski definition) is 5. The van der Waals surface area contributed by atoms with Crippen LogP contribution in [-0.4, -0.2) is 11.4 Å². The second-order valence-electron chi connectivity index (χ2n) is 5.38. The van der Waals surface area contributed by atoms with Gasteiger partial charge in [0, 0.05) is 0 Å². The van der Waals surface area contributed by atoms with Gasteiger partial charge in [0.25, 0.3) is 0 Å². The van der Waals surface area contributed by atoms with Gasteiger partial charge in [0.15, 0.2) is 23.0 Å². The molecule has 0 amide bonds. The summed E-state index contributed by atoms with van der Waals surface area (Å²) in [7, 11) is 9.53. The van der Waals surface area contributed by atoms with E-state index < -0.39 is 0 Å². The van der Waals surface area contributed by atoms with Crippen molar-refractivity contribution in [3.63, 3.8) is 0 Å². The van der Waals surface area contributed by atoms with E-state index in [1.54, 1.807) is 0 Å². The van der Waals surface area contributed by atoms with Crippen LogP contribution in [0.3, 0.4) is 0 Å². The van der Waals surface area contributed by atoms with Crippen LogP contribution in [0, 0.1) is 0 Å². The molecule has 3 rings (SSSR count). The summed E-state index contributed by atoms with van der Waals surface area (Å²) in [6.45, 7) is 3.64. The molecule has 2 aromatic carbocycles. The van der Waals surface area contributed by atoms with Crippen molar-refractivity contribution < 1.29 is 27.2 Å². The Bertz CT molecular complexity index is 828. The van der Waals surface area contributed by atoms with Crippen LogP contribution in [0.2, 0.25) is 0 Å². The van der Waals surface area contributed by atoms with Gasteiger partial charge in [-0.1, -0.05) is 46.7 Å². The van der Waals surface area contributed by atoms with Crippen molar-refractivity contribution in [3.8, 4) is 11.5 Å². The van der Waals surface area contributed by atoms with E-state index in [9.17, 15) is 0 Å². The molecule has 1 heterocycles. The molecule has 3 aromatic rings. The van der Waals surface area contributed by atoms with Crippen LogP contribution in [0.5, 0.6) is 11.5 Å². The van der Waals surface area contributed by atoms with E-state index in [4.69, 9.17) is 34.3 Å². The summed E-state index contributed by atoms with van der Waals surface area (Å²) in [4.78, 5) is 10.7. The predicted molar refractivity (Wildman–Crippen MR) is 109 cm³/mol. The normalized spacial score (nSPS) is 11.6. The van der Waals surface area contributed by atoms with E-state index in [0.717, 1.165) is 0 Å². The molecule has 148 valence electrons. The number of benzene rings is 2. The van der Waals surface area contributed by atoms with Gasteiger partial charge in [-0.3, -0.25) is 0 Å². The van der Waals surface area contributed by atoms with Crippen LogP contribution in [0.1, 0.15) is 25.4 Å².